The molecular weight excluding hydrogens is 274 g/mol. The van der Waals surface area contributed by atoms with E-state index in [-0.39, 0.29) is 6.54 Å². The highest BCUT2D eigenvalue weighted by molar-refractivity contribution is 5.02. The van der Waals surface area contributed by atoms with Gasteiger partial charge in [0.2, 0.25) is 0 Å². The Kier molecular flexibility index (Phi) is 4.95. The molecule has 2 saturated heterocycles. The van der Waals surface area contributed by atoms with Crippen LogP contribution in [-0.2, 0) is 4.74 Å². The topological polar surface area (TPSA) is 163 Å². The van der Waals surface area contributed by atoms with Crippen LogP contribution in [0.4, 0.5) is 0 Å². The lowest BCUT2D eigenvalue weighted by molar-refractivity contribution is -0.287. The molecule has 2 rings (SSSR count). The second-order valence-corrected chi connectivity index (χ2v) is 5.29. The Labute approximate surface area is 115 Å². The summed E-state index contributed by atoms with van der Waals surface area (Å²) in [5.74, 6) is -1.24. The van der Waals surface area contributed by atoms with E-state index in [0.29, 0.717) is 0 Å². The second kappa shape index (κ2) is 6.18. The minimum absolute atomic E-state index is 0.0598. The first-order valence-electron chi connectivity index (χ1n) is 6.46. The summed E-state index contributed by atoms with van der Waals surface area (Å²) in [7, 11) is 0. The highest BCUT2D eigenvalue weighted by Gasteiger charge is 2.51. The quantitative estimate of drug-likeness (QED) is 0.255. The summed E-state index contributed by atoms with van der Waals surface area (Å²) in [6.07, 6.45) is -9.62. The van der Waals surface area contributed by atoms with Crippen molar-refractivity contribution in [3.8, 4) is 0 Å². The van der Waals surface area contributed by atoms with Crippen LogP contribution in [0.3, 0.4) is 0 Å². The average molecular weight is 295 g/mol. The van der Waals surface area contributed by atoms with E-state index < -0.39 is 61.5 Å². The fourth-order valence-electron chi connectivity index (χ4n) is 2.83. The van der Waals surface area contributed by atoms with E-state index >= 15 is 0 Å². The van der Waals surface area contributed by atoms with E-state index in [1.165, 1.54) is 0 Å². The van der Waals surface area contributed by atoms with Gasteiger partial charge in [-0.1, -0.05) is 0 Å². The number of hydrogen-bond donors (Lipinski definition) is 8. The van der Waals surface area contributed by atoms with E-state index in [1.54, 1.807) is 0 Å². The predicted octanol–water partition coefficient (Wildman–Crippen LogP) is -4.91. The van der Waals surface area contributed by atoms with E-state index in [1.807, 2.05) is 0 Å². The normalized spacial score (nSPS) is 51.1. The van der Waals surface area contributed by atoms with Gasteiger partial charge in [0.1, 0.15) is 12.2 Å². The summed E-state index contributed by atoms with van der Waals surface area (Å²) in [5, 5.41) is 70.6. The Bertz CT molecular complexity index is 332. The first-order valence-corrected chi connectivity index (χ1v) is 6.46. The summed E-state index contributed by atoms with van der Waals surface area (Å²) in [6.45, 7) is -0.540. The van der Waals surface area contributed by atoms with Crippen LogP contribution in [0, 0.1) is 5.92 Å². The van der Waals surface area contributed by atoms with E-state index in [9.17, 15) is 30.6 Å². The standard InChI is InChI=1S/C11H21NO8/c13-2-4-8(16)5(10(18)11(19)20-4)9(17)6-7(15)3(14)1-12-6/h3-19H,1-2H2/t3-,4+,5+,6+,7-,8-,9-,10+,11?/m0/s1. The van der Waals surface area contributed by atoms with Crippen LogP contribution in [0.1, 0.15) is 0 Å². The number of β-amino-alcohol motifs (C(OH)–C–C–N with tert-alkyl or cyclic N) is 1. The molecule has 1 unspecified atom stereocenters. The van der Waals surface area contributed by atoms with Gasteiger partial charge in [0, 0.05) is 12.5 Å². The second-order valence-electron chi connectivity index (χ2n) is 5.29. The van der Waals surface area contributed by atoms with Gasteiger partial charge in [-0.3, -0.25) is 0 Å². The molecule has 0 aromatic rings. The molecule has 2 aliphatic heterocycles. The lowest BCUT2D eigenvalue weighted by Crippen LogP contribution is -2.62. The zero-order chi connectivity index (χ0) is 15.0. The maximum atomic E-state index is 10.2. The highest BCUT2D eigenvalue weighted by atomic mass is 16.6. The number of aliphatic hydroxyl groups excluding tert-OH is 7. The van der Waals surface area contributed by atoms with Crippen LogP contribution in [-0.4, -0.2) is 97.9 Å². The van der Waals surface area contributed by atoms with Gasteiger partial charge in [-0.2, -0.15) is 0 Å². The molecule has 2 heterocycles. The Balaban J connectivity index is 2.15. The third-order valence-corrected chi connectivity index (χ3v) is 4.04. The van der Waals surface area contributed by atoms with Crippen molar-refractivity contribution >= 4 is 0 Å². The minimum Gasteiger partial charge on any atom is -0.394 e. The summed E-state index contributed by atoms with van der Waals surface area (Å²) in [5.41, 5.74) is 0. The number of nitrogens with one attached hydrogen (secondary N) is 1. The molecule has 20 heavy (non-hydrogen) atoms. The number of ether oxygens (including phenoxy) is 1. The molecule has 0 aliphatic carbocycles. The van der Waals surface area contributed by atoms with Gasteiger partial charge >= 0.3 is 0 Å². The summed E-state index contributed by atoms with van der Waals surface area (Å²) in [6, 6.07) is -0.969. The molecule has 0 saturated carbocycles. The van der Waals surface area contributed by atoms with Gasteiger partial charge in [-0.05, 0) is 0 Å². The molecule has 0 bridgehead atoms. The van der Waals surface area contributed by atoms with Crippen LogP contribution in [0.25, 0.3) is 0 Å². The number of hydrogen-bond acceptors (Lipinski definition) is 9. The maximum absolute atomic E-state index is 10.2. The zero-order valence-corrected chi connectivity index (χ0v) is 10.6. The van der Waals surface area contributed by atoms with Gasteiger partial charge in [0.05, 0.1) is 37.1 Å². The van der Waals surface area contributed by atoms with Crippen molar-refractivity contribution in [3.63, 3.8) is 0 Å². The summed E-state index contributed by atoms with van der Waals surface area (Å²) >= 11 is 0. The minimum atomic E-state index is -1.67. The van der Waals surface area contributed by atoms with Gasteiger partial charge in [-0.15, -0.1) is 0 Å². The Morgan fingerprint density at radius 2 is 1.70 bits per heavy atom. The molecule has 8 N–H and O–H groups in total. The molecular formula is C11H21NO8. The maximum Gasteiger partial charge on any atom is 0.181 e. The summed E-state index contributed by atoms with van der Waals surface area (Å²) < 4.78 is 4.81. The van der Waals surface area contributed by atoms with Gasteiger partial charge in [-0.25, -0.2) is 0 Å². The average Bonchev–Trinajstić information content (AvgIpc) is 2.74. The molecule has 0 aromatic carbocycles. The van der Waals surface area contributed by atoms with E-state index in [2.05, 4.69) is 5.32 Å². The van der Waals surface area contributed by atoms with Crippen molar-refractivity contribution < 1.29 is 40.5 Å². The van der Waals surface area contributed by atoms with Crippen molar-refractivity contribution in [1.82, 2.24) is 5.32 Å². The molecule has 2 aliphatic rings. The lowest BCUT2D eigenvalue weighted by atomic mass is 9.81. The molecule has 0 radical (unpaired) electrons. The van der Waals surface area contributed by atoms with Gasteiger partial charge < -0.3 is 45.8 Å². The third-order valence-electron chi connectivity index (χ3n) is 4.04. The van der Waals surface area contributed by atoms with Crippen molar-refractivity contribution in [2.45, 2.75) is 49.0 Å². The molecule has 0 spiro atoms. The van der Waals surface area contributed by atoms with Crippen LogP contribution in [0.2, 0.25) is 0 Å². The molecule has 2 fully saturated rings. The fourth-order valence-corrected chi connectivity index (χ4v) is 2.83. The Hall–Kier alpha value is -0.360. The van der Waals surface area contributed by atoms with Crippen molar-refractivity contribution in [2.75, 3.05) is 13.2 Å². The largest absolute Gasteiger partial charge is 0.394 e. The number of rotatable bonds is 3. The third kappa shape index (κ3) is 2.69. The van der Waals surface area contributed by atoms with Crippen LogP contribution in [0.5, 0.6) is 0 Å². The predicted molar refractivity (Wildman–Crippen MR) is 63.3 cm³/mol. The highest BCUT2D eigenvalue weighted by Crippen LogP contribution is 2.30. The Morgan fingerprint density at radius 1 is 1.05 bits per heavy atom. The molecule has 9 atom stereocenters. The molecule has 0 aromatic heterocycles. The fraction of sp³-hybridized carbons (Fsp3) is 1.00. The van der Waals surface area contributed by atoms with Gasteiger partial charge in [0.25, 0.3) is 0 Å². The first-order chi connectivity index (χ1) is 9.38. The SMILES string of the molecule is OC[C@H]1OC(O)[C@H](O)[C@@H]([C@H](O)[C@@H]2NC[C@H](O)[C@@H]2O)[C@H]1O. The Morgan fingerprint density at radius 3 is 2.20 bits per heavy atom. The molecule has 9 heteroatoms. The number of aliphatic hydroxyl groups is 7. The van der Waals surface area contributed by atoms with Crippen molar-refractivity contribution in [3.05, 3.63) is 0 Å². The summed E-state index contributed by atoms with van der Waals surface area (Å²) in [4.78, 5) is 0. The monoisotopic (exact) mass is 295 g/mol. The van der Waals surface area contributed by atoms with Crippen LogP contribution in [0.15, 0.2) is 0 Å². The smallest absolute Gasteiger partial charge is 0.181 e. The zero-order valence-electron chi connectivity index (χ0n) is 10.6. The van der Waals surface area contributed by atoms with E-state index in [4.69, 9.17) is 9.84 Å². The van der Waals surface area contributed by atoms with Gasteiger partial charge in [0.15, 0.2) is 6.29 Å². The molecule has 118 valence electrons. The van der Waals surface area contributed by atoms with Crippen molar-refractivity contribution in [1.29, 1.82) is 0 Å². The van der Waals surface area contributed by atoms with Crippen molar-refractivity contribution in [2.24, 2.45) is 5.92 Å². The van der Waals surface area contributed by atoms with Crippen LogP contribution < -0.4 is 5.32 Å². The van der Waals surface area contributed by atoms with E-state index in [0.717, 1.165) is 0 Å². The molecule has 9 nitrogen and oxygen atoms in total. The first kappa shape index (κ1) is 16.0. The van der Waals surface area contributed by atoms with Crippen LogP contribution >= 0.6 is 0 Å². The lowest BCUT2D eigenvalue weighted by Gasteiger charge is -2.43. The molecule has 0 amide bonds.